The summed E-state index contributed by atoms with van der Waals surface area (Å²) in [6.45, 7) is 11.3. The van der Waals surface area contributed by atoms with Gasteiger partial charge in [-0.2, -0.15) is 8.42 Å². The third-order valence-electron chi connectivity index (χ3n) is 11.7. The van der Waals surface area contributed by atoms with Crippen LogP contribution in [0.4, 0.5) is 0 Å². The van der Waals surface area contributed by atoms with Crippen LogP contribution < -0.4 is 0 Å². The van der Waals surface area contributed by atoms with E-state index in [9.17, 15) is 18.6 Å². The molecule has 0 aliphatic heterocycles. The van der Waals surface area contributed by atoms with Crippen LogP contribution in [0.2, 0.25) is 0 Å². The molecule has 4 fully saturated rings. The van der Waals surface area contributed by atoms with E-state index in [1.54, 1.807) is 6.92 Å². The SMILES string of the molecule is CC[C@H]1[C@@H](O)C2C3CC[C@H]([C@H](C)CC[C@H](C)OS(=O)(=O)OC)[C@@]3(C)CCC2[C@@]2(C)CC[C@@H](O)C[C@@H]12. The molecular weight excluding hydrogens is 464 g/mol. The number of hydrogen-bond acceptors (Lipinski definition) is 6. The average molecular weight is 515 g/mol. The van der Waals surface area contributed by atoms with Crippen LogP contribution in [0.1, 0.15) is 98.8 Å². The molecule has 4 rings (SSSR count). The summed E-state index contributed by atoms with van der Waals surface area (Å²) in [6.07, 6.45) is 9.38. The number of rotatable bonds is 8. The van der Waals surface area contributed by atoms with E-state index in [1.165, 1.54) is 25.7 Å². The second-order valence-electron chi connectivity index (χ2n) is 13.2. The fraction of sp³-hybridized carbons (Fsp3) is 1.00. The minimum atomic E-state index is -3.91. The van der Waals surface area contributed by atoms with Crippen LogP contribution in [-0.2, 0) is 18.8 Å². The van der Waals surface area contributed by atoms with Crippen molar-refractivity contribution in [2.75, 3.05) is 7.11 Å². The van der Waals surface area contributed by atoms with Gasteiger partial charge in [-0.1, -0.05) is 34.1 Å². The highest BCUT2D eigenvalue weighted by Crippen LogP contribution is 2.69. The summed E-state index contributed by atoms with van der Waals surface area (Å²) in [5.41, 5.74) is 0.453. The molecule has 0 aromatic heterocycles. The Hall–Kier alpha value is -0.210. The summed E-state index contributed by atoms with van der Waals surface area (Å²) < 4.78 is 32.8. The summed E-state index contributed by atoms with van der Waals surface area (Å²) in [5, 5.41) is 22.3. The molecule has 4 aliphatic rings. The molecule has 35 heavy (non-hydrogen) atoms. The van der Waals surface area contributed by atoms with Crippen molar-refractivity contribution in [3.05, 3.63) is 0 Å². The lowest BCUT2D eigenvalue weighted by Crippen LogP contribution is -2.62. The first-order chi connectivity index (χ1) is 16.4. The third-order valence-corrected chi connectivity index (χ3v) is 12.6. The lowest BCUT2D eigenvalue weighted by molar-refractivity contribution is -0.203. The first-order valence-corrected chi connectivity index (χ1v) is 15.6. The van der Waals surface area contributed by atoms with Gasteiger partial charge in [-0.15, -0.1) is 0 Å². The van der Waals surface area contributed by atoms with Crippen molar-refractivity contribution in [3.63, 3.8) is 0 Å². The Morgan fingerprint density at radius 2 is 1.60 bits per heavy atom. The third kappa shape index (κ3) is 4.86. The Morgan fingerprint density at radius 1 is 0.943 bits per heavy atom. The Balaban J connectivity index is 1.50. The van der Waals surface area contributed by atoms with Gasteiger partial charge in [-0.3, -0.25) is 4.18 Å². The van der Waals surface area contributed by atoms with Gasteiger partial charge in [-0.25, -0.2) is 4.18 Å². The van der Waals surface area contributed by atoms with E-state index in [4.69, 9.17) is 4.18 Å². The highest BCUT2D eigenvalue weighted by Gasteiger charge is 2.64. The predicted molar refractivity (Wildman–Crippen MR) is 137 cm³/mol. The van der Waals surface area contributed by atoms with E-state index in [-0.39, 0.29) is 29.0 Å². The Kier molecular flexibility index (Phi) is 8.08. The van der Waals surface area contributed by atoms with Gasteiger partial charge in [0.2, 0.25) is 0 Å². The van der Waals surface area contributed by atoms with Crippen molar-refractivity contribution < 1.29 is 27.0 Å². The topological polar surface area (TPSA) is 93.1 Å². The van der Waals surface area contributed by atoms with Gasteiger partial charge in [0.1, 0.15) is 0 Å². The van der Waals surface area contributed by atoms with Crippen LogP contribution in [0.3, 0.4) is 0 Å². The van der Waals surface area contributed by atoms with E-state index in [2.05, 4.69) is 31.9 Å². The largest absolute Gasteiger partial charge is 0.399 e. The van der Waals surface area contributed by atoms with Crippen LogP contribution in [-0.4, -0.2) is 44.1 Å². The fourth-order valence-corrected chi connectivity index (χ4v) is 10.5. The summed E-state index contributed by atoms with van der Waals surface area (Å²) in [5.74, 6) is 3.25. The normalized spacial score (nSPS) is 47.4. The quantitative estimate of drug-likeness (QED) is 0.455. The van der Waals surface area contributed by atoms with E-state index in [1.807, 2.05) is 0 Å². The molecule has 0 spiro atoms. The predicted octanol–water partition coefficient (Wildman–Crippen LogP) is 5.33. The van der Waals surface area contributed by atoms with E-state index < -0.39 is 16.5 Å². The smallest absolute Gasteiger partial charge is 0.393 e. The van der Waals surface area contributed by atoms with Crippen LogP contribution in [0, 0.1) is 52.3 Å². The van der Waals surface area contributed by atoms with E-state index in [0.717, 1.165) is 39.2 Å². The summed E-state index contributed by atoms with van der Waals surface area (Å²) in [4.78, 5) is 0. The second-order valence-corrected chi connectivity index (χ2v) is 14.5. The van der Waals surface area contributed by atoms with E-state index in [0.29, 0.717) is 41.9 Å². The summed E-state index contributed by atoms with van der Waals surface area (Å²) in [7, 11) is -2.78. The van der Waals surface area contributed by atoms with Crippen LogP contribution >= 0.6 is 0 Å². The van der Waals surface area contributed by atoms with Crippen molar-refractivity contribution in [2.45, 2.75) is 117 Å². The van der Waals surface area contributed by atoms with Crippen LogP contribution in [0.15, 0.2) is 0 Å². The zero-order chi connectivity index (χ0) is 25.8. The lowest BCUT2D eigenvalue weighted by Gasteiger charge is -2.64. The van der Waals surface area contributed by atoms with Crippen LogP contribution in [0.25, 0.3) is 0 Å². The number of aliphatic hydroxyl groups excluding tert-OH is 2. The van der Waals surface area contributed by atoms with Gasteiger partial charge in [0.15, 0.2) is 0 Å². The summed E-state index contributed by atoms with van der Waals surface area (Å²) in [6, 6.07) is 0. The molecule has 4 aliphatic carbocycles. The molecule has 0 heterocycles. The minimum absolute atomic E-state index is 0.207. The highest BCUT2D eigenvalue weighted by molar-refractivity contribution is 7.81. The fourth-order valence-electron chi connectivity index (χ4n) is 9.92. The molecule has 2 N–H and O–H groups in total. The molecule has 0 saturated heterocycles. The van der Waals surface area contributed by atoms with Crippen molar-refractivity contribution in [2.24, 2.45) is 52.3 Å². The summed E-state index contributed by atoms with van der Waals surface area (Å²) >= 11 is 0. The maximum atomic E-state index is 11.8. The van der Waals surface area contributed by atoms with Gasteiger partial charge >= 0.3 is 10.4 Å². The number of fused-ring (bicyclic) bond motifs is 5. The van der Waals surface area contributed by atoms with Crippen molar-refractivity contribution in [1.82, 2.24) is 0 Å². The van der Waals surface area contributed by atoms with Crippen molar-refractivity contribution >= 4 is 10.4 Å². The molecule has 0 aromatic carbocycles. The molecule has 4 saturated carbocycles. The molecule has 0 radical (unpaired) electrons. The molecule has 0 aromatic rings. The van der Waals surface area contributed by atoms with Crippen molar-refractivity contribution in [3.8, 4) is 0 Å². The lowest BCUT2D eigenvalue weighted by atomic mass is 9.41. The Morgan fingerprint density at radius 3 is 2.26 bits per heavy atom. The Labute approximate surface area is 213 Å². The van der Waals surface area contributed by atoms with Gasteiger partial charge in [0, 0.05) is 0 Å². The standard InChI is InChI=1S/C28H50O6S/c1-7-20-24-16-19(29)12-14-28(24,5)23-13-15-27(4)21(10-11-22(27)25(23)26(20)30)17(2)8-9-18(3)34-35(31,32)33-6/h17-26,29-30H,7-16H2,1-6H3/t17-,18+,19-,20-,21-,22?,23?,24+,25?,26-,27-,28-/m1/s1. The molecule has 6 nitrogen and oxygen atoms in total. The zero-order valence-electron chi connectivity index (χ0n) is 22.8. The van der Waals surface area contributed by atoms with Crippen molar-refractivity contribution in [1.29, 1.82) is 0 Å². The first kappa shape index (κ1) is 27.8. The number of aliphatic hydroxyl groups is 2. The molecular formula is C28H50O6S. The van der Waals surface area contributed by atoms with Gasteiger partial charge in [-0.05, 0) is 117 Å². The maximum Gasteiger partial charge on any atom is 0.399 e. The zero-order valence-corrected chi connectivity index (χ0v) is 23.6. The first-order valence-electron chi connectivity index (χ1n) is 14.2. The molecule has 12 atom stereocenters. The number of hydrogen-bond donors (Lipinski definition) is 2. The van der Waals surface area contributed by atoms with Gasteiger partial charge < -0.3 is 10.2 Å². The van der Waals surface area contributed by atoms with Crippen LogP contribution in [0.5, 0.6) is 0 Å². The maximum absolute atomic E-state index is 11.8. The minimum Gasteiger partial charge on any atom is -0.393 e. The highest BCUT2D eigenvalue weighted by atomic mass is 32.3. The Bertz CT molecular complexity index is 846. The average Bonchev–Trinajstić information content (AvgIpc) is 3.16. The molecule has 3 unspecified atom stereocenters. The van der Waals surface area contributed by atoms with E-state index >= 15 is 0 Å². The molecule has 0 bridgehead atoms. The molecule has 204 valence electrons. The molecule has 7 heteroatoms. The van der Waals surface area contributed by atoms with Gasteiger partial charge in [0.05, 0.1) is 25.4 Å². The molecule has 0 amide bonds. The monoisotopic (exact) mass is 514 g/mol. The second kappa shape index (κ2) is 10.2. The van der Waals surface area contributed by atoms with Gasteiger partial charge in [0.25, 0.3) is 0 Å².